The van der Waals surface area contributed by atoms with Crippen LogP contribution in [0.5, 0.6) is 0 Å². The molecule has 1 saturated carbocycles. The van der Waals surface area contributed by atoms with E-state index in [1.165, 1.54) is 32.4 Å². The predicted molar refractivity (Wildman–Crippen MR) is 75.7 cm³/mol. The summed E-state index contributed by atoms with van der Waals surface area (Å²) in [7, 11) is 0. The van der Waals surface area contributed by atoms with Crippen LogP contribution in [0.1, 0.15) is 52.9 Å². The molecule has 3 atom stereocenters. The van der Waals surface area contributed by atoms with Crippen LogP contribution in [0.2, 0.25) is 0 Å². The minimum Gasteiger partial charge on any atom is -0.394 e. The predicted octanol–water partition coefficient (Wildman–Crippen LogP) is 2.00. The van der Waals surface area contributed by atoms with Gasteiger partial charge in [-0.25, -0.2) is 0 Å². The Labute approximate surface area is 112 Å². The molecule has 18 heavy (non-hydrogen) atoms. The van der Waals surface area contributed by atoms with Crippen molar-refractivity contribution in [3.8, 4) is 0 Å². The molecule has 0 amide bonds. The van der Waals surface area contributed by atoms with Crippen molar-refractivity contribution in [1.82, 2.24) is 10.2 Å². The zero-order valence-electron chi connectivity index (χ0n) is 12.3. The molecule has 0 spiro atoms. The van der Waals surface area contributed by atoms with Crippen molar-refractivity contribution in [2.45, 2.75) is 70.5 Å². The van der Waals surface area contributed by atoms with Crippen molar-refractivity contribution in [3.05, 3.63) is 0 Å². The molecule has 2 fully saturated rings. The van der Waals surface area contributed by atoms with Crippen LogP contribution in [0.3, 0.4) is 0 Å². The third-order valence-electron chi connectivity index (χ3n) is 4.89. The Kier molecular flexibility index (Phi) is 4.68. The van der Waals surface area contributed by atoms with Crippen LogP contribution in [0.15, 0.2) is 0 Å². The van der Waals surface area contributed by atoms with Gasteiger partial charge in [-0.2, -0.15) is 0 Å². The van der Waals surface area contributed by atoms with Gasteiger partial charge in [-0.3, -0.25) is 0 Å². The normalized spacial score (nSPS) is 37.8. The van der Waals surface area contributed by atoms with Crippen LogP contribution in [0.4, 0.5) is 0 Å². The number of likely N-dealkylation sites (tertiary alicyclic amines) is 1. The van der Waals surface area contributed by atoms with Gasteiger partial charge in [0.25, 0.3) is 0 Å². The van der Waals surface area contributed by atoms with E-state index in [1.807, 2.05) is 0 Å². The molecular formula is C15H30N2O. The minimum absolute atomic E-state index is 0.0108. The summed E-state index contributed by atoms with van der Waals surface area (Å²) in [6.07, 6.45) is 6.18. The highest BCUT2D eigenvalue weighted by molar-refractivity contribution is 5.01. The first-order chi connectivity index (χ1) is 8.58. The topological polar surface area (TPSA) is 35.5 Å². The zero-order valence-corrected chi connectivity index (χ0v) is 12.3. The monoisotopic (exact) mass is 254 g/mol. The van der Waals surface area contributed by atoms with Crippen molar-refractivity contribution < 1.29 is 5.11 Å². The molecule has 2 aliphatic rings. The van der Waals surface area contributed by atoms with E-state index in [0.29, 0.717) is 12.1 Å². The van der Waals surface area contributed by atoms with Gasteiger partial charge >= 0.3 is 0 Å². The standard InChI is InChI=1S/C15H30N2O/c1-4-13-6-8-17(10-13)14-5-7-15(9-14,11-18)16-12(2)3/h12-14,16,18H,4-11H2,1-3H3. The number of nitrogens with one attached hydrogen (secondary N) is 1. The van der Waals surface area contributed by atoms with E-state index in [-0.39, 0.29) is 12.1 Å². The van der Waals surface area contributed by atoms with Crippen LogP contribution in [-0.4, -0.2) is 47.3 Å². The number of aliphatic hydroxyl groups is 1. The van der Waals surface area contributed by atoms with Crippen LogP contribution in [0, 0.1) is 5.92 Å². The van der Waals surface area contributed by atoms with Crippen molar-refractivity contribution in [2.75, 3.05) is 19.7 Å². The third-order valence-corrected chi connectivity index (χ3v) is 4.89. The van der Waals surface area contributed by atoms with Crippen molar-refractivity contribution in [3.63, 3.8) is 0 Å². The van der Waals surface area contributed by atoms with Crippen LogP contribution in [-0.2, 0) is 0 Å². The number of nitrogens with zero attached hydrogens (tertiary/aromatic N) is 1. The Morgan fingerprint density at radius 1 is 1.39 bits per heavy atom. The van der Waals surface area contributed by atoms with Gasteiger partial charge in [-0.1, -0.05) is 27.2 Å². The van der Waals surface area contributed by atoms with E-state index >= 15 is 0 Å². The summed E-state index contributed by atoms with van der Waals surface area (Å²) in [5.74, 6) is 0.909. The fraction of sp³-hybridized carbons (Fsp3) is 1.00. The molecule has 0 bridgehead atoms. The van der Waals surface area contributed by atoms with Crippen LogP contribution < -0.4 is 5.32 Å². The first-order valence-electron chi connectivity index (χ1n) is 7.71. The van der Waals surface area contributed by atoms with E-state index in [1.54, 1.807) is 0 Å². The van der Waals surface area contributed by atoms with Crippen LogP contribution in [0.25, 0.3) is 0 Å². The van der Waals surface area contributed by atoms with Gasteiger partial charge in [0.05, 0.1) is 6.61 Å². The number of hydrogen-bond donors (Lipinski definition) is 2. The summed E-state index contributed by atoms with van der Waals surface area (Å²) in [5, 5.41) is 13.4. The maximum atomic E-state index is 9.74. The van der Waals surface area contributed by atoms with E-state index in [0.717, 1.165) is 18.8 Å². The van der Waals surface area contributed by atoms with Crippen LogP contribution >= 0.6 is 0 Å². The molecule has 3 nitrogen and oxygen atoms in total. The average molecular weight is 254 g/mol. The van der Waals surface area contributed by atoms with Crippen molar-refractivity contribution >= 4 is 0 Å². The lowest BCUT2D eigenvalue weighted by atomic mass is 9.97. The highest BCUT2D eigenvalue weighted by atomic mass is 16.3. The fourth-order valence-corrected chi connectivity index (χ4v) is 3.87. The number of rotatable bonds is 5. The first kappa shape index (κ1) is 14.3. The lowest BCUT2D eigenvalue weighted by Gasteiger charge is -2.32. The maximum absolute atomic E-state index is 9.74. The second-order valence-electron chi connectivity index (χ2n) is 6.69. The highest BCUT2D eigenvalue weighted by Gasteiger charge is 2.42. The SMILES string of the molecule is CCC1CCN(C2CCC(CO)(NC(C)C)C2)C1. The Morgan fingerprint density at radius 3 is 2.72 bits per heavy atom. The second-order valence-corrected chi connectivity index (χ2v) is 6.69. The van der Waals surface area contributed by atoms with Gasteiger partial charge < -0.3 is 15.3 Å². The maximum Gasteiger partial charge on any atom is 0.0614 e. The molecule has 0 aromatic carbocycles. The molecule has 1 aliphatic heterocycles. The number of hydrogen-bond acceptors (Lipinski definition) is 3. The minimum atomic E-state index is -0.0108. The van der Waals surface area contributed by atoms with E-state index in [9.17, 15) is 5.11 Å². The summed E-state index contributed by atoms with van der Waals surface area (Å²) >= 11 is 0. The summed E-state index contributed by atoms with van der Waals surface area (Å²) in [6, 6.07) is 1.15. The largest absolute Gasteiger partial charge is 0.394 e. The Hall–Kier alpha value is -0.120. The van der Waals surface area contributed by atoms with Gasteiger partial charge in [0, 0.05) is 24.2 Å². The molecule has 1 saturated heterocycles. The molecule has 1 heterocycles. The molecule has 2 N–H and O–H groups in total. The summed E-state index contributed by atoms with van der Waals surface area (Å²) < 4.78 is 0. The molecule has 2 rings (SSSR count). The molecule has 3 heteroatoms. The van der Waals surface area contributed by atoms with Crippen molar-refractivity contribution in [1.29, 1.82) is 0 Å². The van der Waals surface area contributed by atoms with Gasteiger partial charge in [0.15, 0.2) is 0 Å². The Morgan fingerprint density at radius 2 is 2.17 bits per heavy atom. The number of aliphatic hydroxyl groups excluding tert-OH is 1. The third kappa shape index (κ3) is 3.06. The molecule has 106 valence electrons. The van der Waals surface area contributed by atoms with Gasteiger partial charge in [0.1, 0.15) is 0 Å². The first-order valence-corrected chi connectivity index (χ1v) is 7.71. The average Bonchev–Trinajstić information content (AvgIpc) is 2.94. The fourth-order valence-electron chi connectivity index (χ4n) is 3.87. The smallest absolute Gasteiger partial charge is 0.0614 e. The van der Waals surface area contributed by atoms with E-state index in [2.05, 4.69) is 31.0 Å². The lowest BCUT2D eigenvalue weighted by molar-refractivity contribution is 0.141. The Balaban J connectivity index is 1.90. The van der Waals surface area contributed by atoms with Crippen molar-refractivity contribution in [2.24, 2.45) is 5.92 Å². The quantitative estimate of drug-likeness (QED) is 0.788. The zero-order chi connectivity index (χ0) is 13.2. The molecular weight excluding hydrogens is 224 g/mol. The molecule has 3 unspecified atom stereocenters. The van der Waals surface area contributed by atoms with E-state index in [4.69, 9.17) is 0 Å². The van der Waals surface area contributed by atoms with E-state index < -0.39 is 0 Å². The molecule has 0 aromatic rings. The second kappa shape index (κ2) is 5.89. The summed E-state index contributed by atoms with van der Waals surface area (Å²) in [6.45, 7) is 9.49. The van der Waals surface area contributed by atoms with Gasteiger partial charge in [0.2, 0.25) is 0 Å². The van der Waals surface area contributed by atoms with Gasteiger partial charge in [-0.05, 0) is 38.1 Å². The summed E-state index contributed by atoms with van der Waals surface area (Å²) in [4.78, 5) is 2.67. The molecule has 0 aromatic heterocycles. The molecule has 0 radical (unpaired) electrons. The molecule has 1 aliphatic carbocycles. The summed E-state index contributed by atoms with van der Waals surface area (Å²) in [5.41, 5.74) is -0.0108. The van der Waals surface area contributed by atoms with Gasteiger partial charge in [-0.15, -0.1) is 0 Å². The Bertz CT molecular complexity index is 269. The lowest BCUT2D eigenvalue weighted by Crippen LogP contribution is -2.50. The highest BCUT2D eigenvalue weighted by Crippen LogP contribution is 2.36.